The number of ether oxygens (including phenoxy) is 3. The largest absolute Gasteiger partial charge is 0.505 e. The smallest absolute Gasteiger partial charge is 0.377 e. The van der Waals surface area contributed by atoms with Crippen LogP contribution in [0, 0.1) is 0 Å². The lowest BCUT2D eigenvalue weighted by Gasteiger charge is -2.19. The number of carbonyl (C=O) groups excluding carboxylic acids is 2. The van der Waals surface area contributed by atoms with Gasteiger partial charge in [-0.25, -0.2) is 4.79 Å². The summed E-state index contributed by atoms with van der Waals surface area (Å²) in [4.78, 5) is 23.5. The quantitative estimate of drug-likeness (QED) is 0.643. The van der Waals surface area contributed by atoms with Gasteiger partial charge in [-0.1, -0.05) is 24.3 Å². The van der Waals surface area contributed by atoms with Gasteiger partial charge in [0.15, 0.2) is 11.9 Å². The van der Waals surface area contributed by atoms with Gasteiger partial charge >= 0.3 is 11.9 Å². The van der Waals surface area contributed by atoms with Crippen LogP contribution in [0.3, 0.4) is 0 Å². The van der Waals surface area contributed by atoms with Gasteiger partial charge in [-0.3, -0.25) is 4.79 Å². The van der Waals surface area contributed by atoms with Crippen molar-refractivity contribution in [3.63, 3.8) is 0 Å². The first-order valence-corrected chi connectivity index (χ1v) is 8.57. The number of methoxy groups -OCH3 is 1. The highest BCUT2D eigenvalue weighted by Gasteiger charge is 2.39. The van der Waals surface area contributed by atoms with E-state index >= 15 is 0 Å². The third kappa shape index (κ3) is 3.72. The molecular weight excluding hydrogens is 368 g/mol. The Morgan fingerprint density at radius 1 is 1.18 bits per heavy atom. The molecule has 0 radical (unpaired) electrons. The number of hydrogen-bond donors (Lipinski definition) is 3. The molecule has 8 heteroatoms. The lowest BCUT2D eigenvalue weighted by Crippen LogP contribution is -2.34. The van der Waals surface area contributed by atoms with Crippen LogP contribution >= 0.6 is 0 Å². The number of cyclic esters (lactones) is 1. The second-order valence-corrected chi connectivity index (χ2v) is 6.45. The molecule has 3 N–H and O–H groups in total. The fourth-order valence-corrected chi connectivity index (χ4v) is 2.88. The lowest BCUT2D eigenvalue weighted by atomic mass is 9.98. The van der Waals surface area contributed by atoms with Crippen molar-refractivity contribution in [2.75, 3.05) is 13.7 Å². The molecule has 0 bridgehead atoms. The molecule has 0 aromatic heterocycles. The zero-order chi connectivity index (χ0) is 20.4. The van der Waals surface area contributed by atoms with E-state index in [9.17, 15) is 24.9 Å². The lowest BCUT2D eigenvalue weighted by molar-refractivity contribution is -0.155. The Kier molecular flexibility index (Phi) is 5.41. The van der Waals surface area contributed by atoms with Gasteiger partial charge in [-0.2, -0.15) is 0 Å². The van der Waals surface area contributed by atoms with Crippen molar-refractivity contribution in [3.05, 3.63) is 53.5 Å². The standard InChI is InChI=1S/C20H20O8/c1-10(11-3-4-13-8-14(26-2)6-5-12(13)7-11)19(24)27-9-15(21)18-16(22)17(23)20(25)28-18/h3-8,10,15,18,21-23H,9H2,1-2H3/t10-,15+,18-/m1/s1. The number of fused-ring (bicyclic) bond motifs is 1. The van der Waals surface area contributed by atoms with Gasteiger partial charge in [0.05, 0.1) is 13.0 Å². The van der Waals surface area contributed by atoms with Crippen molar-refractivity contribution in [2.24, 2.45) is 0 Å². The number of benzene rings is 2. The van der Waals surface area contributed by atoms with Gasteiger partial charge in [0, 0.05) is 0 Å². The molecule has 28 heavy (non-hydrogen) atoms. The average Bonchev–Trinajstić information content (AvgIpc) is 2.97. The second-order valence-electron chi connectivity index (χ2n) is 6.45. The van der Waals surface area contributed by atoms with Crippen LogP contribution < -0.4 is 4.74 Å². The first-order chi connectivity index (χ1) is 13.3. The number of esters is 2. The predicted octanol–water partition coefficient (Wildman–Crippen LogP) is 2.11. The molecule has 2 aromatic carbocycles. The predicted molar refractivity (Wildman–Crippen MR) is 98.0 cm³/mol. The number of aliphatic hydroxyl groups is 3. The minimum Gasteiger partial charge on any atom is -0.505 e. The summed E-state index contributed by atoms with van der Waals surface area (Å²) >= 11 is 0. The van der Waals surface area contributed by atoms with Crippen LogP contribution in [0.25, 0.3) is 10.8 Å². The molecule has 0 spiro atoms. The van der Waals surface area contributed by atoms with E-state index in [0.29, 0.717) is 0 Å². The summed E-state index contributed by atoms with van der Waals surface area (Å²) in [7, 11) is 1.59. The fourth-order valence-electron chi connectivity index (χ4n) is 2.88. The number of hydrogen-bond acceptors (Lipinski definition) is 8. The van der Waals surface area contributed by atoms with Crippen LogP contribution in [-0.4, -0.2) is 53.2 Å². The summed E-state index contributed by atoms with van der Waals surface area (Å²) in [5.41, 5.74) is 0.727. The van der Waals surface area contributed by atoms with Gasteiger partial charge in [0.2, 0.25) is 5.76 Å². The SMILES string of the molecule is COc1ccc2cc([C@@H](C)C(=O)OC[C@H](O)[C@H]3OC(=O)C(O)=C3O)ccc2c1. The molecule has 8 nitrogen and oxygen atoms in total. The molecule has 0 unspecified atom stereocenters. The van der Waals surface area contributed by atoms with E-state index in [1.807, 2.05) is 30.3 Å². The Labute approximate surface area is 160 Å². The first kappa shape index (κ1) is 19.5. The maximum absolute atomic E-state index is 12.3. The van der Waals surface area contributed by atoms with Crippen molar-refractivity contribution in [2.45, 2.75) is 25.0 Å². The summed E-state index contributed by atoms with van der Waals surface area (Å²) in [5.74, 6) is -3.36. The number of aliphatic hydroxyl groups excluding tert-OH is 3. The molecule has 1 heterocycles. The highest BCUT2D eigenvalue weighted by atomic mass is 16.6. The van der Waals surface area contributed by atoms with Gasteiger partial charge in [-0.05, 0) is 35.4 Å². The molecule has 3 rings (SSSR count). The van der Waals surface area contributed by atoms with Gasteiger partial charge in [0.1, 0.15) is 18.5 Å². The Balaban J connectivity index is 1.64. The van der Waals surface area contributed by atoms with Crippen molar-refractivity contribution in [3.8, 4) is 5.75 Å². The normalized spacial score (nSPS) is 18.7. The van der Waals surface area contributed by atoms with Gasteiger partial charge in [0.25, 0.3) is 0 Å². The number of carbonyl (C=O) groups is 2. The monoisotopic (exact) mass is 388 g/mol. The van der Waals surface area contributed by atoms with Crippen LogP contribution in [0.1, 0.15) is 18.4 Å². The molecular formula is C20H20O8. The molecule has 1 aliphatic heterocycles. The second kappa shape index (κ2) is 7.77. The zero-order valence-corrected chi connectivity index (χ0v) is 15.3. The highest BCUT2D eigenvalue weighted by molar-refractivity contribution is 5.89. The van der Waals surface area contributed by atoms with Gasteiger partial charge < -0.3 is 29.5 Å². The Hall–Kier alpha value is -3.26. The maximum Gasteiger partial charge on any atom is 0.377 e. The van der Waals surface area contributed by atoms with Gasteiger partial charge in [-0.15, -0.1) is 0 Å². The molecule has 1 aliphatic rings. The molecule has 148 valence electrons. The fraction of sp³-hybridized carbons (Fsp3) is 0.300. The van der Waals surface area contributed by atoms with Crippen molar-refractivity contribution >= 4 is 22.7 Å². The van der Waals surface area contributed by atoms with Crippen LogP contribution in [0.4, 0.5) is 0 Å². The molecule has 0 aliphatic carbocycles. The number of rotatable bonds is 6. The molecule has 0 amide bonds. The molecule has 0 saturated carbocycles. The van der Waals surface area contributed by atoms with E-state index in [0.717, 1.165) is 22.1 Å². The third-order valence-corrected chi connectivity index (χ3v) is 4.61. The van der Waals surface area contributed by atoms with Crippen LogP contribution in [0.5, 0.6) is 5.75 Å². The summed E-state index contributed by atoms with van der Waals surface area (Å²) in [6.07, 6.45) is -2.97. The minimum atomic E-state index is -1.51. The summed E-state index contributed by atoms with van der Waals surface area (Å²) in [6.45, 7) is 1.15. The van der Waals surface area contributed by atoms with E-state index in [2.05, 4.69) is 4.74 Å². The topological polar surface area (TPSA) is 123 Å². The van der Waals surface area contributed by atoms with E-state index < -0.39 is 48.2 Å². The van der Waals surface area contributed by atoms with Crippen LogP contribution in [-0.2, 0) is 19.1 Å². The third-order valence-electron chi connectivity index (χ3n) is 4.61. The Bertz CT molecular complexity index is 948. The summed E-state index contributed by atoms with van der Waals surface area (Å²) < 4.78 is 14.9. The average molecular weight is 388 g/mol. The molecule has 2 aromatic rings. The summed E-state index contributed by atoms with van der Waals surface area (Å²) in [6, 6.07) is 11.1. The van der Waals surface area contributed by atoms with E-state index in [1.54, 1.807) is 20.1 Å². The summed E-state index contributed by atoms with van der Waals surface area (Å²) in [5, 5.41) is 30.7. The maximum atomic E-state index is 12.3. The molecule has 3 atom stereocenters. The molecule has 0 saturated heterocycles. The zero-order valence-electron chi connectivity index (χ0n) is 15.3. The van der Waals surface area contributed by atoms with Crippen LogP contribution in [0.2, 0.25) is 0 Å². The minimum absolute atomic E-state index is 0.511. The van der Waals surface area contributed by atoms with Crippen LogP contribution in [0.15, 0.2) is 47.9 Å². The molecule has 0 fully saturated rings. The van der Waals surface area contributed by atoms with Crippen molar-refractivity contribution < 1.29 is 39.1 Å². The van der Waals surface area contributed by atoms with E-state index in [4.69, 9.17) is 9.47 Å². The van der Waals surface area contributed by atoms with Crippen molar-refractivity contribution in [1.29, 1.82) is 0 Å². The Morgan fingerprint density at radius 2 is 1.86 bits per heavy atom. The Morgan fingerprint density at radius 3 is 2.50 bits per heavy atom. The highest BCUT2D eigenvalue weighted by Crippen LogP contribution is 2.26. The van der Waals surface area contributed by atoms with E-state index in [1.165, 1.54) is 0 Å². The van der Waals surface area contributed by atoms with E-state index in [-0.39, 0.29) is 0 Å². The first-order valence-electron chi connectivity index (χ1n) is 8.57. The van der Waals surface area contributed by atoms with Crippen molar-refractivity contribution in [1.82, 2.24) is 0 Å².